The molecular weight excluding hydrogens is 368 g/mol. The van der Waals surface area contributed by atoms with Crippen LogP contribution in [0.25, 0.3) is 21.2 Å². The molecule has 0 aliphatic carbocycles. The van der Waals surface area contributed by atoms with Crippen molar-refractivity contribution in [2.45, 2.75) is 6.92 Å². The minimum Gasteiger partial charge on any atom is -0.497 e. The number of carbonyl (C=O) groups is 1. The molecule has 0 atom stereocenters. The van der Waals surface area contributed by atoms with Gasteiger partial charge >= 0.3 is 0 Å². The number of fused-ring (bicyclic) bond motifs is 1. The van der Waals surface area contributed by atoms with Gasteiger partial charge in [-0.2, -0.15) is 0 Å². The number of ketones is 1. The van der Waals surface area contributed by atoms with Crippen LogP contribution in [-0.4, -0.2) is 20.0 Å². The molecule has 1 heterocycles. The molecule has 0 bridgehead atoms. The zero-order chi connectivity index (χ0) is 19.7. The van der Waals surface area contributed by atoms with Crippen LogP contribution >= 0.6 is 11.3 Å². The van der Waals surface area contributed by atoms with Gasteiger partial charge < -0.3 is 9.47 Å². The second-order valence-corrected chi connectivity index (χ2v) is 7.43. The third kappa shape index (κ3) is 3.06. The lowest BCUT2D eigenvalue weighted by Gasteiger charge is -2.16. The van der Waals surface area contributed by atoms with Crippen LogP contribution in [0.5, 0.6) is 11.5 Å². The van der Waals surface area contributed by atoms with E-state index in [1.54, 1.807) is 25.6 Å². The van der Waals surface area contributed by atoms with Gasteiger partial charge in [-0.25, -0.2) is 0 Å². The molecular formula is C24H20O3S. The first-order chi connectivity index (χ1) is 13.6. The van der Waals surface area contributed by atoms with Gasteiger partial charge in [0.05, 0.1) is 14.2 Å². The predicted molar refractivity (Wildman–Crippen MR) is 115 cm³/mol. The number of methoxy groups -OCH3 is 2. The maximum absolute atomic E-state index is 13.5. The molecule has 28 heavy (non-hydrogen) atoms. The van der Waals surface area contributed by atoms with Crippen LogP contribution in [0.15, 0.2) is 66.0 Å². The van der Waals surface area contributed by atoms with Gasteiger partial charge in [0.1, 0.15) is 11.5 Å². The van der Waals surface area contributed by atoms with Crippen molar-refractivity contribution in [1.82, 2.24) is 0 Å². The second kappa shape index (κ2) is 7.49. The van der Waals surface area contributed by atoms with Crippen molar-refractivity contribution in [1.29, 1.82) is 0 Å². The van der Waals surface area contributed by atoms with Gasteiger partial charge in [-0.05, 0) is 53.9 Å². The number of hydrogen-bond acceptors (Lipinski definition) is 4. The Labute approximate surface area is 168 Å². The van der Waals surface area contributed by atoms with E-state index in [9.17, 15) is 4.79 Å². The van der Waals surface area contributed by atoms with Gasteiger partial charge in [0.25, 0.3) is 0 Å². The molecule has 0 amide bonds. The average Bonchev–Trinajstić information content (AvgIpc) is 3.17. The number of carbonyl (C=O) groups excluding carboxylic acids is 1. The Bertz CT molecular complexity index is 1160. The lowest BCUT2D eigenvalue weighted by atomic mass is 9.90. The van der Waals surface area contributed by atoms with Crippen molar-refractivity contribution in [2.75, 3.05) is 14.2 Å². The number of hydrogen-bond donors (Lipinski definition) is 0. The Kier molecular flexibility index (Phi) is 4.88. The summed E-state index contributed by atoms with van der Waals surface area (Å²) in [7, 11) is 3.29. The maximum atomic E-state index is 13.5. The molecule has 3 nitrogen and oxygen atoms in total. The summed E-state index contributed by atoms with van der Waals surface area (Å²) in [5, 5.41) is 2.94. The first kappa shape index (κ1) is 18.3. The van der Waals surface area contributed by atoms with Crippen molar-refractivity contribution in [3.05, 3.63) is 82.7 Å². The molecule has 0 fully saturated rings. The molecule has 0 N–H and O–H groups in total. The van der Waals surface area contributed by atoms with Crippen molar-refractivity contribution in [2.24, 2.45) is 0 Å². The zero-order valence-corrected chi connectivity index (χ0v) is 16.8. The fraction of sp³-hybridized carbons (Fsp3) is 0.125. The summed E-state index contributed by atoms with van der Waals surface area (Å²) in [6.45, 7) is 1.99. The molecule has 140 valence electrons. The quantitative estimate of drug-likeness (QED) is 0.386. The van der Waals surface area contributed by atoms with E-state index in [1.165, 1.54) is 0 Å². The van der Waals surface area contributed by atoms with E-state index in [0.29, 0.717) is 5.56 Å². The normalized spacial score (nSPS) is 10.8. The summed E-state index contributed by atoms with van der Waals surface area (Å²) in [5.41, 5.74) is 4.20. The standard InChI is InChI=1S/C24H20O3S/c1-15-21(27-3)13-12-19(23(15)16-8-10-17(26-2)11-9-16)24(25)20-14-28-22-7-5-4-6-18(20)22/h4-14H,1-3H3. The van der Waals surface area contributed by atoms with Crippen LogP contribution in [0.2, 0.25) is 0 Å². The highest BCUT2D eigenvalue weighted by atomic mass is 32.1. The molecule has 4 aromatic rings. The van der Waals surface area contributed by atoms with E-state index in [2.05, 4.69) is 0 Å². The monoisotopic (exact) mass is 388 g/mol. The van der Waals surface area contributed by atoms with E-state index in [-0.39, 0.29) is 5.78 Å². The molecule has 0 spiro atoms. The lowest BCUT2D eigenvalue weighted by Crippen LogP contribution is -2.05. The highest BCUT2D eigenvalue weighted by Crippen LogP contribution is 2.37. The zero-order valence-electron chi connectivity index (χ0n) is 16.0. The molecule has 0 aliphatic rings. The summed E-state index contributed by atoms with van der Waals surface area (Å²) < 4.78 is 11.9. The molecule has 0 saturated heterocycles. The number of thiophene rings is 1. The highest BCUT2D eigenvalue weighted by Gasteiger charge is 2.21. The van der Waals surface area contributed by atoms with Crippen molar-refractivity contribution >= 4 is 27.2 Å². The van der Waals surface area contributed by atoms with Crippen molar-refractivity contribution in [3.8, 4) is 22.6 Å². The minimum absolute atomic E-state index is 0.0222. The highest BCUT2D eigenvalue weighted by molar-refractivity contribution is 7.17. The summed E-state index contributed by atoms with van der Waals surface area (Å²) in [6.07, 6.45) is 0. The van der Waals surface area contributed by atoms with E-state index in [4.69, 9.17) is 9.47 Å². The smallest absolute Gasteiger partial charge is 0.195 e. The van der Waals surface area contributed by atoms with Crippen LogP contribution in [0.4, 0.5) is 0 Å². The lowest BCUT2D eigenvalue weighted by molar-refractivity contribution is 0.104. The summed E-state index contributed by atoms with van der Waals surface area (Å²) >= 11 is 1.59. The predicted octanol–water partition coefficient (Wildman–Crippen LogP) is 6.12. The van der Waals surface area contributed by atoms with Gasteiger partial charge in [0.2, 0.25) is 0 Å². The van der Waals surface area contributed by atoms with E-state index < -0.39 is 0 Å². The van der Waals surface area contributed by atoms with E-state index >= 15 is 0 Å². The number of rotatable bonds is 5. The fourth-order valence-electron chi connectivity index (χ4n) is 3.53. The maximum Gasteiger partial charge on any atom is 0.195 e. The van der Waals surface area contributed by atoms with Gasteiger partial charge in [-0.15, -0.1) is 11.3 Å². The van der Waals surface area contributed by atoms with E-state index in [1.807, 2.05) is 73.0 Å². The molecule has 0 aliphatic heterocycles. The average molecular weight is 388 g/mol. The molecule has 0 unspecified atom stereocenters. The summed E-state index contributed by atoms with van der Waals surface area (Å²) in [6, 6.07) is 19.5. The van der Waals surface area contributed by atoms with Gasteiger partial charge in [-0.3, -0.25) is 4.79 Å². The fourth-order valence-corrected chi connectivity index (χ4v) is 4.47. The number of ether oxygens (including phenoxy) is 2. The molecule has 3 aromatic carbocycles. The van der Waals surface area contributed by atoms with Crippen LogP contribution in [0.3, 0.4) is 0 Å². The summed E-state index contributed by atoms with van der Waals surface area (Å²) in [4.78, 5) is 13.5. The van der Waals surface area contributed by atoms with Gasteiger partial charge in [0, 0.05) is 26.6 Å². The second-order valence-electron chi connectivity index (χ2n) is 6.52. The SMILES string of the molecule is COc1ccc(-c2c(C(=O)c3csc4ccccc34)ccc(OC)c2C)cc1. The first-order valence-corrected chi connectivity index (χ1v) is 9.85. The van der Waals surface area contributed by atoms with Crippen LogP contribution in [-0.2, 0) is 0 Å². The van der Waals surface area contributed by atoms with Crippen molar-refractivity contribution in [3.63, 3.8) is 0 Å². The van der Waals surface area contributed by atoms with Crippen LogP contribution < -0.4 is 9.47 Å². The molecule has 0 saturated carbocycles. The Morgan fingerprint density at radius 1 is 0.857 bits per heavy atom. The number of benzene rings is 3. The Hall–Kier alpha value is -3.11. The Morgan fingerprint density at radius 3 is 2.32 bits per heavy atom. The van der Waals surface area contributed by atoms with Gasteiger partial charge in [-0.1, -0.05) is 30.3 Å². The topological polar surface area (TPSA) is 35.5 Å². The van der Waals surface area contributed by atoms with Crippen LogP contribution in [0, 0.1) is 6.92 Å². The van der Waals surface area contributed by atoms with Crippen LogP contribution in [0.1, 0.15) is 21.5 Å². The van der Waals surface area contributed by atoms with Crippen molar-refractivity contribution < 1.29 is 14.3 Å². The minimum atomic E-state index is 0.0222. The molecule has 4 heteroatoms. The molecule has 4 rings (SSSR count). The summed E-state index contributed by atoms with van der Waals surface area (Å²) in [5.74, 6) is 1.56. The third-order valence-electron chi connectivity index (χ3n) is 4.98. The molecule has 1 aromatic heterocycles. The van der Waals surface area contributed by atoms with E-state index in [0.717, 1.165) is 43.8 Å². The third-order valence-corrected chi connectivity index (χ3v) is 5.95. The Morgan fingerprint density at radius 2 is 1.61 bits per heavy atom. The molecule has 0 radical (unpaired) electrons. The Balaban J connectivity index is 1.91. The first-order valence-electron chi connectivity index (χ1n) is 8.97. The largest absolute Gasteiger partial charge is 0.497 e. The van der Waals surface area contributed by atoms with Gasteiger partial charge in [0.15, 0.2) is 5.78 Å².